The number of carbonyl (C=O) groups is 1. The van der Waals surface area contributed by atoms with Crippen LogP contribution in [0, 0.1) is 0 Å². The van der Waals surface area contributed by atoms with Crippen LogP contribution in [0.1, 0.15) is 12.0 Å². The molecule has 0 saturated heterocycles. The highest BCUT2D eigenvalue weighted by Gasteiger charge is 2.14. The molecule has 0 unspecified atom stereocenters. The van der Waals surface area contributed by atoms with Crippen molar-refractivity contribution in [3.63, 3.8) is 0 Å². The number of hydrogen-bond donors (Lipinski definition) is 1. The molecule has 0 radical (unpaired) electrons. The van der Waals surface area contributed by atoms with Crippen molar-refractivity contribution in [3.05, 3.63) is 36.0 Å². The Labute approximate surface area is 127 Å². The van der Waals surface area contributed by atoms with Gasteiger partial charge in [-0.25, -0.2) is 4.79 Å². The van der Waals surface area contributed by atoms with Crippen LogP contribution in [-0.2, 0) is 11.8 Å². The SMILES string of the molecule is Cn1cc(/C=C/C(=O)O)c(-c2ccc3c(c2)OCCCO3)n1. The van der Waals surface area contributed by atoms with Crippen molar-refractivity contribution in [3.8, 4) is 22.8 Å². The van der Waals surface area contributed by atoms with Gasteiger partial charge >= 0.3 is 5.97 Å². The molecule has 0 atom stereocenters. The average Bonchev–Trinajstić information content (AvgIpc) is 2.71. The van der Waals surface area contributed by atoms with E-state index in [1.165, 1.54) is 6.08 Å². The fraction of sp³-hybridized carbons (Fsp3) is 0.250. The summed E-state index contributed by atoms with van der Waals surface area (Å²) < 4.78 is 12.9. The number of carboxylic acid groups (broad SMARTS) is 1. The second-order valence-electron chi connectivity index (χ2n) is 4.99. The number of rotatable bonds is 3. The molecule has 0 amide bonds. The van der Waals surface area contributed by atoms with E-state index in [4.69, 9.17) is 14.6 Å². The molecule has 6 nitrogen and oxygen atoms in total. The first-order valence-electron chi connectivity index (χ1n) is 6.98. The Kier molecular flexibility index (Phi) is 3.82. The topological polar surface area (TPSA) is 73.6 Å². The molecule has 2 heterocycles. The first-order valence-corrected chi connectivity index (χ1v) is 6.98. The van der Waals surface area contributed by atoms with Crippen LogP contribution in [0.2, 0.25) is 0 Å². The van der Waals surface area contributed by atoms with Gasteiger partial charge in [0.05, 0.1) is 18.9 Å². The molecule has 1 aliphatic heterocycles. The van der Waals surface area contributed by atoms with Crippen molar-refractivity contribution >= 4 is 12.0 Å². The van der Waals surface area contributed by atoms with Crippen molar-refractivity contribution in [1.29, 1.82) is 0 Å². The Balaban J connectivity index is 2.01. The summed E-state index contributed by atoms with van der Waals surface area (Å²) in [5.41, 5.74) is 2.30. The van der Waals surface area contributed by atoms with Crippen LogP contribution in [0.5, 0.6) is 11.5 Å². The lowest BCUT2D eigenvalue weighted by molar-refractivity contribution is -0.131. The van der Waals surface area contributed by atoms with Crippen molar-refractivity contribution < 1.29 is 19.4 Å². The van der Waals surface area contributed by atoms with E-state index in [0.717, 1.165) is 29.4 Å². The highest BCUT2D eigenvalue weighted by molar-refractivity contribution is 5.87. The smallest absolute Gasteiger partial charge is 0.328 e. The molecule has 0 aliphatic carbocycles. The molecular weight excluding hydrogens is 284 g/mol. The van der Waals surface area contributed by atoms with E-state index in [2.05, 4.69) is 5.10 Å². The molecule has 0 fully saturated rings. The molecule has 3 rings (SSSR count). The molecule has 0 saturated carbocycles. The molecule has 2 aromatic rings. The molecule has 114 valence electrons. The largest absolute Gasteiger partial charge is 0.490 e. The van der Waals surface area contributed by atoms with Gasteiger partial charge < -0.3 is 14.6 Å². The van der Waals surface area contributed by atoms with Gasteiger partial charge in [-0.15, -0.1) is 0 Å². The standard InChI is InChI=1S/C16H16N2O4/c1-18-10-12(4-6-15(19)20)16(17-18)11-3-5-13-14(9-11)22-8-2-7-21-13/h3-6,9-10H,2,7-8H2,1H3,(H,19,20)/b6-4+. The van der Waals surface area contributed by atoms with Crippen LogP contribution in [0.25, 0.3) is 17.3 Å². The van der Waals surface area contributed by atoms with Gasteiger partial charge in [-0.1, -0.05) is 0 Å². The van der Waals surface area contributed by atoms with Crippen LogP contribution in [0.3, 0.4) is 0 Å². The molecular formula is C16H16N2O4. The third-order valence-corrected chi connectivity index (χ3v) is 3.28. The van der Waals surface area contributed by atoms with E-state index in [1.54, 1.807) is 17.9 Å². The Morgan fingerprint density at radius 2 is 2.09 bits per heavy atom. The Hall–Kier alpha value is -2.76. The lowest BCUT2D eigenvalue weighted by Crippen LogP contribution is -1.97. The van der Waals surface area contributed by atoms with Crippen LogP contribution in [0.15, 0.2) is 30.5 Å². The summed E-state index contributed by atoms with van der Waals surface area (Å²) in [4.78, 5) is 10.7. The quantitative estimate of drug-likeness (QED) is 0.881. The van der Waals surface area contributed by atoms with E-state index < -0.39 is 5.97 Å². The van der Waals surface area contributed by atoms with Crippen LogP contribution in [-0.4, -0.2) is 34.1 Å². The zero-order valence-electron chi connectivity index (χ0n) is 12.2. The predicted molar refractivity (Wildman–Crippen MR) is 80.9 cm³/mol. The normalized spacial score (nSPS) is 14.0. The number of fused-ring (bicyclic) bond motifs is 1. The van der Waals surface area contributed by atoms with Gasteiger partial charge in [-0.05, 0) is 24.3 Å². The number of hydrogen-bond acceptors (Lipinski definition) is 4. The van der Waals surface area contributed by atoms with E-state index in [-0.39, 0.29) is 0 Å². The first kappa shape index (κ1) is 14.2. The molecule has 22 heavy (non-hydrogen) atoms. The highest BCUT2D eigenvalue weighted by Crippen LogP contribution is 2.34. The zero-order chi connectivity index (χ0) is 15.5. The second kappa shape index (κ2) is 5.93. The molecule has 0 bridgehead atoms. The summed E-state index contributed by atoms with van der Waals surface area (Å²) in [5, 5.41) is 13.2. The molecule has 1 aromatic carbocycles. The van der Waals surface area contributed by atoms with E-state index >= 15 is 0 Å². The second-order valence-corrected chi connectivity index (χ2v) is 4.99. The maximum Gasteiger partial charge on any atom is 0.328 e. The third kappa shape index (κ3) is 2.95. The fourth-order valence-electron chi connectivity index (χ4n) is 2.32. The van der Waals surface area contributed by atoms with Gasteiger partial charge in [0.2, 0.25) is 0 Å². The molecule has 1 N–H and O–H groups in total. The van der Waals surface area contributed by atoms with Gasteiger partial charge in [0.1, 0.15) is 0 Å². The van der Waals surface area contributed by atoms with Crippen molar-refractivity contribution in [2.45, 2.75) is 6.42 Å². The Morgan fingerprint density at radius 3 is 2.86 bits per heavy atom. The van der Waals surface area contributed by atoms with Gasteiger partial charge in [-0.2, -0.15) is 5.10 Å². The lowest BCUT2D eigenvalue weighted by Gasteiger charge is -2.08. The lowest BCUT2D eigenvalue weighted by atomic mass is 10.1. The molecule has 6 heteroatoms. The Bertz CT molecular complexity index is 734. The number of aliphatic carboxylic acids is 1. The van der Waals surface area contributed by atoms with E-state index in [1.807, 2.05) is 18.2 Å². The first-order chi connectivity index (χ1) is 10.6. The van der Waals surface area contributed by atoms with Crippen molar-refractivity contribution in [2.75, 3.05) is 13.2 Å². The summed E-state index contributed by atoms with van der Waals surface area (Å²) >= 11 is 0. The third-order valence-electron chi connectivity index (χ3n) is 3.28. The van der Waals surface area contributed by atoms with Crippen molar-refractivity contribution in [2.24, 2.45) is 7.05 Å². The summed E-state index contributed by atoms with van der Waals surface area (Å²) in [6.07, 6.45) is 5.26. The monoisotopic (exact) mass is 300 g/mol. The molecule has 1 aliphatic rings. The summed E-state index contributed by atoms with van der Waals surface area (Å²) in [5.74, 6) is 0.419. The van der Waals surface area contributed by atoms with Crippen molar-refractivity contribution in [1.82, 2.24) is 9.78 Å². The number of nitrogens with zero attached hydrogens (tertiary/aromatic N) is 2. The number of aryl methyl sites for hydroxylation is 1. The summed E-state index contributed by atoms with van der Waals surface area (Å²) in [7, 11) is 1.80. The Morgan fingerprint density at radius 1 is 1.32 bits per heavy atom. The number of benzene rings is 1. The number of aromatic nitrogens is 2. The van der Waals surface area contributed by atoms with E-state index in [0.29, 0.717) is 24.7 Å². The minimum Gasteiger partial charge on any atom is -0.490 e. The minimum absolute atomic E-state index is 0.616. The zero-order valence-corrected chi connectivity index (χ0v) is 12.2. The molecule has 1 aromatic heterocycles. The average molecular weight is 300 g/mol. The summed E-state index contributed by atoms with van der Waals surface area (Å²) in [6.45, 7) is 1.26. The maximum absolute atomic E-state index is 10.7. The molecule has 0 spiro atoms. The van der Waals surface area contributed by atoms with Gasteiger partial charge in [0.25, 0.3) is 0 Å². The van der Waals surface area contributed by atoms with Gasteiger partial charge in [0.15, 0.2) is 11.5 Å². The number of carboxylic acids is 1. The van der Waals surface area contributed by atoms with E-state index in [9.17, 15) is 4.79 Å². The van der Waals surface area contributed by atoms with Gasteiger partial charge in [-0.3, -0.25) is 4.68 Å². The van der Waals surface area contributed by atoms with Crippen LogP contribution >= 0.6 is 0 Å². The van der Waals surface area contributed by atoms with Crippen LogP contribution < -0.4 is 9.47 Å². The minimum atomic E-state index is -0.992. The van der Waals surface area contributed by atoms with Crippen LogP contribution in [0.4, 0.5) is 0 Å². The predicted octanol–water partition coefficient (Wildman–Crippen LogP) is 2.35. The summed E-state index contributed by atoms with van der Waals surface area (Å²) in [6, 6.07) is 5.63. The number of ether oxygens (including phenoxy) is 2. The maximum atomic E-state index is 10.7. The van der Waals surface area contributed by atoms with Gasteiger partial charge in [0, 0.05) is 36.9 Å². The fourth-order valence-corrected chi connectivity index (χ4v) is 2.32. The highest BCUT2D eigenvalue weighted by atomic mass is 16.5.